The Morgan fingerprint density at radius 3 is 2.81 bits per heavy atom. The molecule has 1 unspecified atom stereocenters. The summed E-state index contributed by atoms with van der Waals surface area (Å²) in [6.07, 6.45) is 2.06. The van der Waals surface area contributed by atoms with Gasteiger partial charge in [-0.05, 0) is 69.3 Å². The number of benzene rings is 1. The summed E-state index contributed by atoms with van der Waals surface area (Å²) in [6, 6.07) is 5.98. The van der Waals surface area contributed by atoms with Crippen LogP contribution in [0.2, 0.25) is 5.02 Å². The summed E-state index contributed by atoms with van der Waals surface area (Å²) in [7, 11) is 0. The maximum atomic E-state index is 11.4. The molecule has 1 aliphatic heterocycles. The van der Waals surface area contributed by atoms with E-state index in [-0.39, 0.29) is 5.92 Å². The number of aryl methyl sites for hydroxylation is 1. The van der Waals surface area contributed by atoms with E-state index in [1.54, 1.807) is 0 Å². The summed E-state index contributed by atoms with van der Waals surface area (Å²) in [5.74, 6) is -0.492. The average molecular weight is 310 g/mol. The molecule has 1 saturated heterocycles. The van der Waals surface area contributed by atoms with Gasteiger partial charge in [0.15, 0.2) is 0 Å². The van der Waals surface area contributed by atoms with Gasteiger partial charge in [-0.15, -0.1) is 0 Å². The fourth-order valence-corrected chi connectivity index (χ4v) is 3.27. The Kier molecular flexibility index (Phi) is 4.95. The van der Waals surface area contributed by atoms with E-state index in [4.69, 9.17) is 11.6 Å². The molecular formula is C17H24ClNO2. The second-order valence-electron chi connectivity index (χ2n) is 6.67. The van der Waals surface area contributed by atoms with E-state index in [1.165, 1.54) is 11.1 Å². The second-order valence-corrected chi connectivity index (χ2v) is 7.11. The third kappa shape index (κ3) is 3.78. The fourth-order valence-electron chi connectivity index (χ4n) is 3.04. The predicted molar refractivity (Wildman–Crippen MR) is 85.6 cm³/mol. The molecule has 1 aromatic rings. The van der Waals surface area contributed by atoms with Crippen molar-refractivity contribution in [2.24, 2.45) is 11.3 Å². The molecule has 0 radical (unpaired) electrons. The van der Waals surface area contributed by atoms with Crippen LogP contribution in [-0.4, -0.2) is 29.1 Å². The van der Waals surface area contributed by atoms with Gasteiger partial charge in [0.2, 0.25) is 0 Å². The van der Waals surface area contributed by atoms with Gasteiger partial charge >= 0.3 is 5.97 Å². The second kappa shape index (κ2) is 6.37. The first-order valence-electron chi connectivity index (χ1n) is 7.51. The molecule has 0 saturated carbocycles. The Morgan fingerprint density at radius 1 is 1.48 bits per heavy atom. The Labute approximate surface area is 131 Å². The minimum absolute atomic E-state index is 0.205. The van der Waals surface area contributed by atoms with Crippen molar-refractivity contribution in [3.05, 3.63) is 34.3 Å². The standard InChI is InChI=1S/C17H24ClNO2/c1-12-9-15(18)7-6-13(12)10-19-8-4-5-14(11-19)17(2,3)16(20)21/h6-7,9,14H,4-5,8,10-11H2,1-3H3,(H,20,21). The average Bonchev–Trinajstić information content (AvgIpc) is 2.42. The van der Waals surface area contributed by atoms with Gasteiger partial charge in [-0.3, -0.25) is 9.69 Å². The molecule has 1 heterocycles. The van der Waals surface area contributed by atoms with Crippen molar-refractivity contribution < 1.29 is 9.90 Å². The van der Waals surface area contributed by atoms with Crippen molar-refractivity contribution >= 4 is 17.6 Å². The maximum absolute atomic E-state index is 11.4. The number of carboxylic acid groups (broad SMARTS) is 1. The van der Waals surface area contributed by atoms with Gasteiger partial charge in [-0.1, -0.05) is 17.7 Å². The van der Waals surface area contributed by atoms with Crippen molar-refractivity contribution in [2.75, 3.05) is 13.1 Å². The summed E-state index contributed by atoms with van der Waals surface area (Å²) in [5.41, 5.74) is 1.81. The number of aliphatic carboxylic acids is 1. The molecule has 1 fully saturated rings. The van der Waals surface area contributed by atoms with Crippen molar-refractivity contribution in [3.63, 3.8) is 0 Å². The molecule has 1 atom stereocenters. The summed E-state index contributed by atoms with van der Waals surface area (Å²) in [6.45, 7) is 8.52. The molecule has 0 aromatic heterocycles. The number of carboxylic acids is 1. The van der Waals surface area contributed by atoms with Gasteiger partial charge in [0.25, 0.3) is 0 Å². The largest absolute Gasteiger partial charge is 0.481 e. The summed E-state index contributed by atoms with van der Waals surface area (Å²) >= 11 is 6.00. The van der Waals surface area contributed by atoms with E-state index in [2.05, 4.69) is 17.9 Å². The van der Waals surface area contributed by atoms with Crippen molar-refractivity contribution in [1.29, 1.82) is 0 Å². The molecule has 0 bridgehead atoms. The molecule has 1 N–H and O–H groups in total. The highest BCUT2D eigenvalue weighted by Gasteiger charge is 2.38. The van der Waals surface area contributed by atoms with Crippen LogP contribution < -0.4 is 0 Å². The van der Waals surface area contributed by atoms with Crippen molar-refractivity contribution in [1.82, 2.24) is 4.90 Å². The number of halogens is 1. The molecule has 0 amide bonds. The highest BCUT2D eigenvalue weighted by Crippen LogP contribution is 2.34. The van der Waals surface area contributed by atoms with Gasteiger partial charge in [-0.25, -0.2) is 0 Å². The number of rotatable bonds is 4. The Bertz CT molecular complexity index is 528. The normalized spacial score (nSPS) is 20.5. The van der Waals surface area contributed by atoms with E-state index in [1.807, 2.05) is 26.0 Å². The molecule has 1 aromatic carbocycles. The number of piperidine rings is 1. The third-order valence-electron chi connectivity index (χ3n) is 4.78. The molecule has 0 spiro atoms. The maximum Gasteiger partial charge on any atom is 0.309 e. The van der Waals surface area contributed by atoms with Crippen LogP contribution in [0.1, 0.15) is 37.8 Å². The van der Waals surface area contributed by atoms with Crippen LogP contribution >= 0.6 is 11.6 Å². The van der Waals surface area contributed by atoms with Crippen LogP contribution in [0, 0.1) is 18.3 Å². The van der Waals surface area contributed by atoms with Crippen LogP contribution in [-0.2, 0) is 11.3 Å². The highest BCUT2D eigenvalue weighted by atomic mass is 35.5. The molecule has 116 valence electrons. The smallest absolute Gasteiger partial charge is 0.309 e. The van der Waals surface area contributed by atoms with Crippen LogP contribution in [0.25, 0.3) is 0 Å². The molecule has 21 heavy (non-hydrogen) atoms. The number of hydrogen-bond acceptors (Lipinski definition) is 2. The van der Waals surface area contributed by atoms with E-state index in [0.29, 0.717) is 0 Å². The molecule has 1 aliphatic rings. The van der Waals surface area contributed by atoms with Gasteiger partial charge in [-0.2, -0.15) is 0 Å². The number of carbonyl (C=O) groups is 1. The lowest BCUT2D eigenvalue weighted by Crippen LogP contribution is -2.44. The zero-order valence-electron chi connectivity index (χ0n) is 13.0. The quantitative estimate of drug-likeness (QED) is 0.915. The SMILES string of the molecule is Cc1cc(Cl)ccc1CN1CCCC(C(C)(C)C(=O)O)C1. The van der Waals surface area contributed by atoms with E-state index in [9.17, 15) is 9.90 Å². The zero-order chi connectivity index (χ0) is 15.6. The summed E-state index contributed by atoms with van der Waals surface area (Å²) in [4.78, 5) is 13.8. The van der Waals surface area contributed by atoms with Gasteiger partial charge in [0.05, 0.1) is 5.41 Å². The van der Waals surface area contributed by atoms with Crippen molar-refractivity contribution in [2.45, 2.75) is 40.2 Å². The van der Waals surface area contributed by atoms with Crippen LogP contribution in [0.3, 0.4) is 0 Å². The van der Waals surface area contributed by atoms with E-state index in [0.717, 1.165) is 37.5 Å². The highest BCUT2D eigenvalue weighted by molar-refractivity contribution is 6.30. The number of hydrogen-bond donors (Lipinski definition) is 1. The first-order valence-corrected chi connectivity index (χ1v) is 7.89. The third-order valence-corrected chi connectivity index (χ3v) is 5.01. The first kappa shape index (κ1) is 16.3. The minimum Gasteiger partial charge on any atom is -0.481 e. The van der Waals surface area contributed by atoms with Crippen LogP contribution in [0.15, 0.2) is 18.2 Å². The van der Waals surface area contributed by atoms with Crippen molar-refractivity contribution in [3.8, 4) is 0 Å². The van der Waals surface area contributed by atoms with E-state index < -0.39 is 11.4 Å². The Morgan fingerprint density at radius 2 is 2.19 bits per heavy atom. The summed E-state index contributed by atoms with van der Waals surface area (Å²) in [5, 5.41) is 10.2. The Hall–Kier alpha value is -1.06. The lowest BCUT2D eigenvalue weighted by molar-refractivity contribution is -0.151. The monoisotopic (exact) mass is 309 g/mol. The molecule has 3 nitrogen and oxygen atoms in total. The fraction of sp³-hybridized carbons (Fsp3) is 0.588. The van der Waals surface area contributed by atoms with E-state index >= 15 is 0 Å². The molecule has 0 aliphatic carbocycles. The minimum atomic E-state index is -0.697. The van der Waals surface area contributed by atoms with Gasteiger partial charge in [0.1, 0.15) is 0 Å². The predicted octanol–water partition coefficient (Wildman–Crippen LogP) is 3.97. The molecule has 4 heteroatoms. The van der Waals surface area contributed by atoms with Crippen LogP contribution in [0.4, 0.5) is 0 Å². The number of nitrogens with zero attached hydrogens (tertiary/aromatic N) is 1. The molecular weight excluding hydrogens is 286 g/mol. The lowest BCUT2D eigenvalue weighted by Gasteiger charge is -2.39. The zero-order valence-corrected chi connectivity index (χ0v) is 13.8. The Balaban J connectivity index is 2.06. The van der Waals surface area contributed by atoms with Gasteiger partial charge in [0, 0.05) is 18.1 Å². The lowest BCUT2D eigenvalue weighted by atomic mass is 9.74. The topological polar surface area (TPSA) is 40.5 Å². The number of likely N-dealkylation sites (tertiary alicyclic amines) is 1. The van der Waals surface area contributed by atoms with Gasteiger partial charge < -0.3 is 5.11 Å². The van der Waals surface area contributed by atoms with Crippen LogP contribution in [0.5, 0.6) is 0 Å². The first-order chi connectivity index (χ1) is 9.80. The molecule has 2 rings (SSSR count). The summed E-state index contributed by atoms with van der Waals surface area (Å²) < 4.78 is 0.